The predicted octanol–water partition coefficient (Wildman–Crippen LogP) is 3.36. The van der Waals surface area contributed by atoms with Crippen LogP contribution in [0.5, 0.6) is 0 Å². The number of hydrogen-bond acceptors (Lipinski definition) is 7. The average Bonchev–Trinajstić information content (AvgIpc) is 3.30. The summed E-state index contributed by atoms with van der Waals surface area (Å²) in [6.07, 6.45) is 1.26. The van der Waals surface area contributed by atoms with Crippen molar-refractivity contribution in [3.8, 4) is 0 Å². The summed E-state index contributed by atoms with van der Waals surface area (Å²) in [4.78, 5) is 26.2. The summed E-state index contributed by atoms with van der Waals surface area (Å²) in [6.45, 7) is 2.01. The van der Waals surface area contributed by atoms with Crippen molar-refractivity contribution in [3.63, 3.8) is 0 Å². The van der Waals surface area contributed by atoms with Crippen LogP contribution in [-0.4, -0.2) is 43.6 Å². The molecule has 2 fully saturated rings. The molecule has 2 saturated heterocycles. The molecule has 0 unspecified atom stereocenters. The summed E-state index contributed by atoms with van der Waals surface area (Å²) >= 11 is 4.26. The van der Waals surface area contributed by atoms with E-state index >= 15 is 0 Å². The van der Waals surface area contributed by atoms with Gasteiger partial charge in [0.05, 0.1) is 4.87 Å². The van der Waals surface area contributed by atoms with Crippen LogP contribution in [0.1, 0.15) is 25.3 Å². The number of nitrogens with one attached hydrogen (secondary N) is 1. The summed E-state index contributed by atoms with van der Waals surface area (Å²) in [5.41, 5.74) is 0.595. The normalized spacial score (nSPS) is 24.3. The van der Waals surface area contributed by atoms with Crippen LogP contribution in [0.25, 0.3) is 0 Å². The highest BCUT2D eigenvalue weighted by Crippen LogP contribution is 2.47. The average molecular weight is 425 g/mol. The van der Waals surface area contributed by atoms with Crippen molar-refractivity contribution in [2.45, 2.75) is 40.8 Å². The standard InChI is InChI=1S/C17H17FN4O2S3/c1-17-7-6-13(23)22(17)12(9-26-17)14(24)19-15-20-21-16(27-15)25-8-10-4-2-3-5-11(10)18/h2-5,12H,6-9H2,1H3,(H,19,20,24)/t12-,17+/m1/s1. The van der Waals surface area contributed by atoms with Gasteiger partial charge in [-0.25, -0.2) is 4.39 Å². The zero-order chi connectivity index (χ0) is 19.0. The van der Waals surface area contributed by atoms with Gasteiger partial charge in [-0.2, -0.15) is 0 Å². The van der Waals surface area contributed by atoms with Gasteiger partial charge in [-0.3, -0.25) is 14.9 Å². The Kier molecular flexibility index (Phi) is 5.13. The SMILES string of the molecule is C[C@]12CCC(=O)N1[C@@H](C(=O)Nc1nnc(SCc3ccccc3F)s1)CS2. The lowest BCUT2D eigenvalue weighted by atomic mass is 10.2. The van der Waals surface area contributed by atoms with Gasteiger partial charge in [-0.1, -0.05) is 41.3 Å². The minimum absolute atomic E-state index is 0.0287. The summed E-state index contributed by atoms with van der Waals surface area (Å²) in [6, 6.07) is 6.12. The summed E-state index contributed by atoms with van der Waals surface area (Å²) in [5.74, 6) is 0.570. The highest BCUT2D eigenvalue weighted by atomic mass is 32.2. The first-order valence-corrected chi connectivity index (χ1v) is 11.2. The van der Waals surface area contributed by atoms with Gasteiger partial charge in [0.1, 0.15) is 11.9 Å². The number of halogens is 1. The Morgan fingerprint density at radius 1 is 1.44 bits per heavy atom. The molecule has 0 bridgehead atoms. The van der Waals surface area contributed by atoms with Crippen LogP contribution in [0.3, 0.4) is 0 Å². The van der Waals surface area contributed by atoms with Crippen molar-refractivity contribution in [2.75, 3.05) is 11.1 Å². The zero-order valence-corrected chi connectivity index (χ0v) is 16.9. The van der Waals surface area contributed by atoms with Gasteiger partial charge >= 0.3 is 0 Å². The molecule has 2 amide bonds. The fourth-order valence-electron chi connectivity index (χ4n) is 3.28. The highest BCUT2D eigenvalue weighted by Gasteiger charge is 2.52. The van der Waals surface area contributed by atoms with Gasteiger partial charge < -0.3 is 4.90 Å². The van der Waals surface area contributed by atoms with E-state index in [1.165, 1.54) is 29.2 Å². The number of rotatable bonds is 5. The zero-order valence-electron chi connectivity index (χ0n) is 14.5. The Balaban J connectivity index is 1.37. The molecule has 2 aliphatic heterocycles. The number of thioether (sulfide) groups is 2. The molecule has 2 aliphatic rings. The fourth-order valence-corrected chi connectivity index (χ4v) is 6.45. The Morgan fingerprint density at radius 3 is 3.07 bits per heavy atom. The number of nitrogens with zero attached hydrogens (tertiary/aromatic N) is 3. The lowest BCUT2D eigenvalue weighted by molar-refractivity contribution is -0.135. The van der Waals surface area contributed by atoms with Crippen molar-refractivity contribution in [1.29, 1.82) is 0 Å². The first-order chi connectivity index (χ1) is 13.0. The lowest BCUT2D eigenvalue weighted by Crippen LogP contribution is -2.48. The van der Waals surface area contributed by atoms with Crippen molar-refractivity contribution in [2.24, 2.45) is 0 Å². The molecule has 2 atom stereocenters. The second-order valence-electron chi connectivity index (χ2n) is 6.51. The van der Waals surface area contributed by atoms with Crippen LogP contribution in [0.2, 0.25) is 0 Å². The molecule has 1 N–H and O–H groups in total. The van der Waals surface area contributed by atoms with E-state index in [1.807, 2.05) is 6.92 Å². The summed E-state index contributed by atoms with van der Waals surface area (Å²) < 4.78 is 14.3. The van der Waals surface area contributed by atoms with Crippen LogP contribution in [0, 0.1) is 5.82 Å². The lowest BCUT2D eigenvalue weighted by Gasteiger charge is -2.29. The molecule has 2 aromatic rings. The summed E-state index contributed by atoms with van der Waals surface area (Å²) in [7, 11) is 0. The molecular formula is C17H17FN4O2S3. The number of carbonyl (C=O) groups is 2. The fraction of sp³-hybridized carbons (Fsp3) is 0.412. The second-order valence-corrected chi connectivity index (χ2v) is 10.2. The molecule has 3 heterocycles. The van der Waals surface area contributed by atoms with Crippen molar-refractivity contribution >= 4 is 51.8 Å². The third-order valence-corrected chi connectivity index (χ3v) is 8.22. The monoisotopic (exact) mass is 424 g/mol. The maximum Gasteiger partial charge on any atom is 0.249 e. The molecule has 0 spiro atoms. The molecule has 4 rings (SSSR count). The quantitative estimate of drug-likeness (QED) is 0.586. The van der Waals surface area contributed by atoms with E-state index in [9.17, 15) is 14.0 Å². The Labute approximate surface area is 168 Å². The molecule has 6 nitrogen and oxygen atoms in total. The van der Waals surface area contributed by atoms with Gasteiger partial charge in [0, 0.05) is 17.9 Å². The smallest absolute Gasteiger partial charge is 0.249 e. The van der Waals surface area contributed by atoms with Crippen LogP contribution < -0.4 is 5.32 Å². The topological polar surface area (TPSA) is 75.2 Å². The number of carbonyl (C=O) groups excluding carboxylic acids is 2. The number of aromatic nitrogens is 2. The van der Waals surface area contributed by atoms with E-state index in [0.717, 1.165) is 6.42 Å². The largest absolute Gasteiger partial charge is 0.315 e. The first kappa shape index (κ1) is 18.7. The molecule has 27 heavy (non-hydrogen) atoms. The molecule has 0 saturated carbocycles. The number of anilines is 1. The molecule has 0 radical (unpaired) electrons. The molecule has 10 heteroatoms. The molecule has 1 aromatic heterocycles. The number of hydrogen-bond donors (Lipinski definition) is 1. The second kappa shape index (κ2) is 7.40. The Hall–Kier alpha value is -1.65. The van der Waals surface area contributed by atoms with Crippen LogP contribution >= 0.6 is 34.9 Å². The number of amides is 2. The van der Waals surface area contributed by atoms with Crippen molar-refractivity contribution in [1.82, 2.24) is 15.1 Å². The maximum absolute atomic E-state index is 13.7. The van der Waals surface area contributed by atoms with E-state index in [1.54, 1.807) is 34.9 Å². The molecule has 142 valence electrons. The Morgan fingerprint density at radius 2 is 2.26 bits per heavy atom. The van der Waals surface area contributed by atoms with Gasteiger partial charge in [0.25, 0.3) is 0 Å². The minimum Gasteiger partial charge on any atom is -0.315 e. The minimum atomic E-state index is -0.478. The van der Waals surface area contributed by atoms with E-state index in [-0.39, 0.29) is 22.5 Å². The molecule has 0 aliphatic carbocycles. The van der Waals surface area contributed by atoms with E-state index < -0.39 is 6.04 Å². The number of benzene rings is 1. The van der Waals surface area contributed by atoms with Gasteiger partial charge in [-0.05, 0) is 25.0 Å². The molecule has 1 aromatic carbocycles. The van der Waals surface area contributed by atoms with Gasteiger partial charge in [0.15, 0.2) is 4.34 Å². The predicted molar refractivity (Wildman–Crippen MR) is 105 cm³/mol. The van der Waals surface area contributed by atoms with Crippen molar-refractivity contribution in [3.05, 3.63) is 35.6 Å². The van der Waals surface area contributed by atoms with Crippen LogP contribution in [0.4, 0.5) is 9.52 Å². The van der Waals surface area contributed by atoms with Gasteiger partial charge in [-0.15, -0.1) is 22.0 Å². The van der Waals surface area contributed by atoms with E-state index in [4.69, 9.17) is 0 Å². The third kappa shape index (κ3) is 3.70. The van der Waals surface area contributed by atoms with Gasteiger partial charge in [0.2, 0.25) is 16.9 Å². The van der Waals surface area contributed by atoms with Crippen LogP contribution in [0.15, 0.2) is 28.6 Å². The molecular weight excluding hydrogens is 407 g/mol. The third-order valence-electron chi connectivity index (χ3n) is 4.69. The van der Waals surface area contributed by atoms with Crippen molar-refractivity contribution < 1.29 is 14.0 Å². The van der Waals surface area contributed by atoms with Crippen LogP contribution in [-0.2, 0) is 15.3 Å². The summed E-state index contributed by atoms with van der Waals surface area (Å²) in [5, 5.41) is 11.2. The highest BCUT2D eigenvalue weighted by molar-refractivity contribution is 8.01. The van der Waals surface area contributed by atoms with E-state index in [2.05, 4.69) is 15.5 Å². The first-order valence-electron chi connectivity index (χ1n) is 8.43. The maximum atomic E-state index is 13.7. The van der Waals surface area contributed by atoms with E-state index in [0.29, 0.717) is 33.0 Å². The number of fused-ring (bicyclic) bond motifs is 1. The Bertz CT molecular complexity index is 893.